The molecule has 6 nitrogen and oxygen atoms in total. The van der Waals surface area contributed by atoms with E-state index < -0.39 is 5.97 Å². The Balaban J connectivity index is 1.75. The Kier molecular flexibility index (Phi) is 5.14. The molecule has 0 aliphatic carbocycles. The monoisotopic (exact) mass is 405 g/mol. The summed E-state index contributed by atoms with van der Waals surface area (Å²) in [6.07, 6.45) is 1.73. The Morgan fingerprint density at radius 1 is 1.21 bits per heavy atom. The minimum absolute atomic E-state index is 0.273. The number of carbonyl (C=O) groups is 1. The standard InChI is InChI=1S/C22H19N3O3S/c1-14-18(22(26)27)11-20(25(14)12-16-5-3-4-10-23-16)19-13-29-21(24-19)15-6-8-17(28-2)9-7-15/h3-11,13H,12H2,1-2H3,(H,26,27). The predicted octanol–water partition coefficient (Wildman–Crippen LogP) is 4.74. The molecule has 4 aromatic rings. The number of hydrogen-bond donors (Lipinski definition) is 1. The van der Waals surface area contributed by atoms with Crippen LogP contribution in [0.25, 0.3) is 22.0 Å². The molecule has 0 saturated heterocycles. The van der Waals surface area contributed by atoms with E-state index in [0.29, 0.717) is 12.2 Å². The zero-order valence-corrected chi connectivity index (χ0v) is 16.8. The smallest absolute Gasteiger partial charge is 0.337 e. The molecule has 0 aliphatic heterocycles. The average Bonchev–Trinajstić information content (AvgIpc) is 3.34. The van der Waals surface area contributed by atoms with Crippen LogP contribution in [0.5, 0.6) is 5.75 Å². The van der Waals surface area contributed by atoms with Gasteiger partial charge in [0.1, 0.15) is 10.8 Å². The van der Waals surface area contributed by atoms with Crippen molar-refractivity contribution in [1.82, 2.24) is 14.5 Å². The quantitative estimate of drug-likeness (QED) is 0.501. The fourth-order valence-electron chi connectivity index (χ4n) is 3.19. The van der Waals surface area contributed by atoms with E-state index >= 15 is 0 Å². The van der Waals surface area contributed by atoms with E-state index in [2.05, 4.69) is 4.98 Å². The number of nitrogens with zero attached hydrogens (tertiary/aromatic N) is 3. The van der Waals surface area contributed by atoms with Gasteiger partial charge in [-0.1, -0.05) is 6.07 Å². The van der Waals surface area contributed by atoms with Crippen LogP contribution in [0.3, 0.4) is 0 Å². The van der Waals surface area contributed by atoms with Crippen LogP contribution < -0.4 is 4.74 Å². The third-order valence-corrected chi connectivity index (χ3v) is 5.64. The van der Waals surface area contributed by atoms with Crippen LogP contribution >= 0.6 is 11.3 Å². The molecule has 0 spiro atoms. The average molecular weight is 405 g/mol. The summed E-state index contributed by atoms with van der Waals surface area (Å²) in [6.45, 7) is 2.29. The molecular weight excluding hydrogens is 386 g/mol. The van der Waals surface area contributed by atoms with Gasteiger partial charge in [0.05, 0.1) is 36.3 Å². The molecule has 0 unspecified atom stereocenters. The Morgan fingerprint density at radius 2 is 2.00 bits per heavy atom. The molecule has 0 radical (unpaired) electrons. The Labute approximate surface area is 172 Å². The highest BCUT2D eigenvalue weighted by atomic mass is 32.1. The molecule has 0 atom stereocenters. The summed E-state index contributed by atoms with van der Waals surface area (Å²) < 4.78 is 7.17. The molecule has 3 aromatic heterocycles. The summed E-state index contributed by atoms with van der Waals surface area (Å²) in [7, 11) is 1.63. The van der Waals surface area contributed by atoms with E-state index in [1.807, 2.05) is 59.3 Å². The highest BCUT2D eigenvalue weighted by Crippen LogP contribution is 2.32. The van der Waals surface area contributed by atoms with E-state index in [4.69, 9.17) is 9.72 Å². The summed E-state index contributed by atoms with van der Waals surface area (Å²) in [4.78, 5) is 20.8. The van der Waals surface area contributed by atoms with Gasteiger partial charge >= 0.3 is 5.97 Å². The van der Waals surface area contributed by atoms with Crippen molar-refractivity contribution < 1.29 is 14.6 Å². The summed E-state index contributed by atoms with van der Waals surface area (Å²) in [6, 6.07) is 15.1. The number of rotatable bonds is 6. The molecule has 0 aliphatic rings. The third kappa shape index (κ3) is 3.77. The largest absolute Gasteiger partial charge is 0.497 e. The second-order valence-corrected chi connectivity index (χ2v) is 7.37. The molecule has 0 bridgehead atoms. The lowest BCUT2D eigenvalue weighted by Crippen LogP contribution is -2.07. The highest BCUT2D eigenvalue weighted by Gasteiger charge is 2.20. The molecule has 1 N–H and O–H groups in total. The number of methoxy groups -OCH3 is 1. The van der Waals surface area contributed by atoms with Crippen LogP contribution in [-0.4, -0.2) is 32.7 Å². The molecule has 7 heteroatoms. The van der Waals surface area contributed by atoms with E-state index in [1.165, 1.54) is 11.3 Å². The number of aromatic carboxylic acids is 1. The minimum atomic E-state index is -0.950. The summed E-state index contributed by atoms with van der Waals surface area (Å²) >= 11 is 1.52. The molecule has 0 fully saturated rings. The van der Waals surface area contributed by atoms with Crippen molar-refractivity contribution in [2.75, 3.05) is 7.11 Å². The fourth-order valence-corrected chi connectivity index (χ4v) is 4.01. The van der Waals surface area contributed by atoms with E-state index in [9.17, 15) is 9.90 Å². The van der Waals surface area contributed by atoms with Gasteiger partial charge in [-0.05, 0) is 49.4 Å². The van der Waals surface area contributed by atoms with Crippen molar-refractivity contribution in [3.05, 3.63) is 77.1 Å². The van der Waals surface area contributed by atoms with Gasteiger partial charge in [-0.3, -0.25) is 4.98 Å². The van der Waals surface area contributed by atoms with E-state index in [0.717, 1.165) is 33.4 Å². The zero-order valence-electron chi connectivity index (χ0n) is 16.0. The number of carboxylic acid groups (broad SMARTS) is 1. The number of aromatic nitrogens is 3. The van der Waals surface area contributed by atoms with Crippen LogP contribution in [-0.2, 0) is 6.54 Å². The first-order valence-corrected chi connectivity index (χ1v) is 9.88. The topological polar surface area (TPSA) is 77.2 Å². The Morgan fingerprint density at radius 3 is 2.66 bits per heavy atom. The molecular formula is C22H19N3O3S. The molecule has 0 saturated carbocycles. The molecule has 146 valence electrons. The number of hydrogen-bond acceptors (Lipinski definition) is 5. The second kappa shape index (κ2) is 7.89. The van der Waals surface area contributed by atoms with Crippen molar-refractivity contribution in [3.8, 4) is 27.7 Å². The maximum Gasteiger partial charge on any atom is 0.337 e. The van der Waals surface area contributed by atoms with Gasteiger partial charge in [0.2, 0.25) is 0 Å². The molecule has 4 rings (SSSR count). The van der Waals surface area contributed by atoms with Gasteiger partial charge in [0.25, 0.3) is 0 Å². The van der Waals surface area contributed by atoms with Crippen molar-refractivity contribution in [1.29, 1.82) is 0 Å². The van der Waals surface area contributed by atoms with Crippen LogP contribution in [0, 0.1) is 6.92 Å². The first-order valence-electron chi connectivity index (χ1n) is 9.00. The lowest BCUT2D eigenvalue weighted by Gasteiger charge is -2.10. The lowest BCUT2D eigenvalue weighted by molar-refractivity contribution is 0.0696. The summed E-state index contributed by atoms with van der Waals surface area (Å²) in [5.74, 6) is -0.161. The van der Waals surface area contributed by atoms with Crippen molar-refractivity contribution in [3.63, 3.8) is 0 Å². The predicted molar refractivity (Wildman–Crippen MR) is 113 cm³/mol. The zero-order chi connectivity index (χ0) is 20.4. The van der Waals surface area contributed by atoms with Gasteiger partial charge in [-0.25, -0.2) is 9.78 Å². The summed E-state index contributed by atoms with van der Waals surface area (Å²) in [5, 5.41) is 12.4. The number of thiazole rings is 1. The van der Waals surface area contributed by atoms with Crippen LogP contribution in [0.15, 0.2) is 60.1 Å². The summed E-state index contributed by atoms with van der Waals surface area (Å²) in [5.41, 5.74) is 4.30. The molecule has 1 aromatic carbocycles. The first-order chi connectivity index (χ1) is 14.1. The van der Waals surface area contributed by atoms with Crippen molar-refractivity contribution >= 4 is 17.3 Å². The van der Waals surface area contributed by atoms with Gasteiger partial charge in [0.15, 0.2) is 0 Å². The second-order valence-electron chi connectivity index (χ2n) is 6.51. The SMILES string of the molecule is COc1ccc(-c2nc(-c3cc(C(=O)O)c(C)n3Cc3ccccn3)cs2)cc1. The Bertz CT molecular complexity index is 1150. The number of carboxylic acids is 1. The van der Waals surface area contributed by atoms with Crippen molar-refractivity contribution in [2.45, 2.75) is 13.5 Å². The van der Waals surface area contributed by atoms with Gasteiger partial charge in [0, 0.05) is 22.8 Å². The fraction of sp³-hybridized carbons (Fsp3) is 0.136. The molecule has 0 amide bonds. The van der Waals surface area contributed by atoms with Crippen LogP contribution in [0.4, 0.5) is 0 Å². The van der Waals surface area contributed by atoms with Gasteiger partial charge in [-0.15, -0.1) is 11.3 Å². The number of benzene rings is 1. The highest BCUT2D eigenvalue weighted by molar-refractivity contribution is 7.13. The molecule has 29 heavy (non-hydrogen) atoms. The number of ether oxygens (including phenoxy) is 1. The maximum absolute atomic E-state index is 11.7. The lowest BCUT2D eigenvalue weighted by atomic mass is 10.2. The Hall–Kier alpha value is -3.45. The minimum Gasteiger partial charge on any atom is -0.497 e. The molecule has 3 heterocycles. The number of pyridine rings is 1. The van der Waals surface area contributed by atoms with E-state index in [-0.39, 0.29) is 5.56 Å². The maximum atomic E-state index is 11.7. The first kappa shape index (κ1) is 18.9. The van der Waals surface area contributed by atoms with Gasteiger partial charge < -0.3 is 14.4 Å². The van der Waals surface area contributed by atoms with Gasteiger partial charge in [-0.2, -0.15) is 0 Å². The van der Waals surface area contributed by atoms with Crippen LogP contribution in [0.1, 0.15) is 21.7 Å². The van der Waals surface area contributed by atoms with Crippen LogP contribution in [0.2, 0.25) is 0 Å². The third-order valence-electron chi connectivity index (χ3n) is 4.75. The van der Waals surface area contributed by atoms with Crippen molar-refractivity contribution in [2.24, 2.45) is 0 Å². The van der Waals surface area contributed by atoms with E-state index in [1.54, 1.807) is 19.4 Å². The normalized spacial score (nSPS) is 10.8.